The SMILES string of the molecule is O=C1C2CC3C(=CCC4C(=O)N(C5CCCCC5)C(=O)C43)C(c3cc(Br)ccc3O)C2(c2ccccc2)C(=O)N1c1cccc(Cl)c1. The average molecular weight is 714 g/mol. The number of imide groups is 2. The number of likely N-dealkylation sites (tertiary alicyclic amines) is 1. The maximum atomic E-state index is 15.3. The Morgan fingerprint density at radius 1 is 0.830 bits per heavy atom. The Balaban J connectivity index is 1.35. The van der Waals surface area contributed by atoms with Crippen LogP contribution in [0.5, 0.6) is 5.75 Å². The number of hydrogen-bond acceptors (Lipinski definition) is 5. The summed E-state index contributed by atoms with van der Waals surface area (Å²) in [5.74, 6) is -4.28. The van der Waals surface area contributed by atoms with Crippen molar-refractivity contribution in [2.24, 2.45) is 23.7 Å². The van der Waals surface area contributed by atoms with Crippen molar-refractivity contribution in [3.05, 3.63) is 105 Å². The second-order valence-electron chi connectivity index (χ2n) is 13.6. The summed E-state index contributed by atoms with van der Waals surface area (Å²) in [6, 6.07) is 21.1. The fourth-order valence-corrected chi connectivity index (χ4v) is 10.1. The van der Waals surface area contributed by atoms with E-state index in [1.807, 2.05) is 42.5 Å². The van der Waals surface area contributed by atoms with E-state index in [1.54, 1.807) is 41.3 Å². The normalized spacial score (nSPS) is 30.7. The summed E-state index contributed by atoms with van der Waals surface area (Å²) in [5.41, 5.74) is 0.942. The average Bonchev–Trinajstić information content (AvgIpc) is 3.47. The van der Waals surface area contributed by atoms with Crippen molar-refractivity contribution in [1.82, 2.24) is 4.90 Å². The van der Waals surface area contributed by atoms with Crippen molar-refractivity contribution in [2.75, 3.05) is 4.90 Å². The van der Waals surface area contributed by atoms with E-state index in [0.29, 0.717) is 32.7 Å². The molecule has 240 valence electrons. The van der Waals surface area contributed by atoms with Crippen LogP contribution in [0.15, 0.2) is 88.9 Å². The van der Waals surface area contributed by atoms with Crippen molar-refractivity contribution in [2.45, 2.75) is 62.3 Å². The van der Waals surface area contributed by atoms with Crippen LogP contribution in [0.4, 0.5) is 5.69 Å². The number of phenols is 1. The van der Waals surface area contributed by atoms with Crippen LogP contribution in [-0.4, -0.2) is 39.7 Å². The predicted octanol–water partition coefficient (Wildman–Crippen LogP) is 7.30. The first-order valence-electron chi connectivity index (χ1n) is 16.5. The number of phenolic OH excluding ortho intramolecular Hbond substituents is 1. The first-order valence-corrected chi connectivity index (χ1v) is 17.6. The first kappa shape index (κ1) is 30.6. The van der Waals surface area contributed by atoms with Crippen molar-refractivity contribution in [3.63, 3.8) is 0 Å². The summed E-state index contributed by atoms with van der Waals surface area (Å²) < 4.78 is 0.709. The van der Waals surface area contributed by atoms with E-state index in [1.165, 1.54) is 4.90 Å². The van der Waals surface area contributed by atoms with Crippen LogP contribution in [0.3, 0.4) is 0 Å². The van der Waals surface area contributed by atoms with E-state index in [-0.39, 0.29) is 35.9 Å². The number of aromatic hydroxyl groups is 1. The molecule has 3 aromatic rings. The molecule has 1 N–H and O–H groups in total. The molecule has 9 heteroatoms. The highest BCUT2D eigenvalue weighted by Gasteiger charge is 2.70. The number of allylic oxidation sites excluding steroid dienone is 2. The number of rotatable bonds is 4. The molecular formula is C38H34BrClN2O5. The Bertz CT molecular complexity index is 1860. The molecule has 4 fully saturated rings. The number of carbonyl (C=O) groups excluding carboxylic acids is 4. The van der Waals surface area contributed by atoms with Gasteiger partial charge in [0, 0.05) is 27.0 Å². The van der Waals surface area contributed by atoms with Gasteiger partial charge in [0.1, 0.15) is 5.75 Å². The molecule has 2 saturated heterocycles. The molecule has 8 rings (SSSR count). The summed E-state index contributed by atoms with van der Waals surface area (Å²) in [4.78, 5) is 61.2. The van der Waals surface area contributed by atoms with E-state index in [4.69, 9.17) is 11.6 Å². The van der Waals surface area contributed by atoms with Crippen LogP contribution >= 0.6 is 27.5 Å². The lowest BCUT2D eigenvalue weighted by Gasteiger charge is -2.50. The minimum absolute atomic E-state index is 0.00459. The van der Waals surface area contributed by atoms with E-state index in [9.17, 15) is 19.5 Å². The standard InChI is InChI=1S/C38H34BrClN2O5/c39-22-14-17-31(43)29(18-22)33-26-15-16-27-32(36(46)41(34(27)44)24-11-5-2-6-12-24)28(26)20-30-35(45)42(25-13-7-10-23(40)19-25)37(47)38(30,33)21-8-3-1-4-9-21/h1,3-4,7-10,13-15,17-19,24,27-28,30,32-33,43H,2,5-6,11-12,16,20H2. The van der Waals surface area contributed by atoms with Gasteiger partial charge in [0.2, 0.25) is 23.6 Å². The zero-order valence-corrected chi connectivity index (χ0v) is 28.0. The highest BCUT2D eigenvalue weighted by molar-refractivity contribution is 9.10. The number of nitrogens with zero attached hydrogens (tertiary/aromatic N) is 2. The molecule has 2 heterocycles. The number of anilines is 1. The third-order valence-electron chi connectivity index (χ3n) is 11.4. The van der Waals surface area contributed by atoms with Gasteiger partial charge in [-0.05, 0) is 73.6 Å². The first-order chi connectivity index (χ1) is 22.7. The van der Waals surface area contributed by atoms with Gasteiger partial charge in [0.25, 0.3) is 0 Å². The van der Waals surface area contributed by atoms with E-state index in [0.717, 1.165) is 37.7 Å². The van der Waals surface area contributed by atoms with Crippen LogP contribution in [-0.2, 0) is 24.6 Å². The molecule has 6 atom stereocenters. The Kier molecular flexibility index (Phi) is 7.45. The molecule has 3 aliphatic carbocycles. The van der Waals surface area contributed by atoms with Crippen LogP contribution in [0.1, 0.15) is 62.0 Å². The molecule has 0 bridgehead atoms. The smallest absolute Gasteiger partial charge is 0.246 e. The van der Waals surface area contributed by atoms with Gasteiger partial charge >= 0.3 is 0 Å². The molecule has 6 unspecified atom stereocenters. The molecule has 4 amide bonds. The highest BCUT2D eigenvalue weighted by atomic mass is 79.9. The van der Waals surface area contributed by atoms with Crippen molar-refractivity contribution in [3.8, 4) is 5.75 Å². The van der Waals surface area contributed by atoms with E-state index < -0.39 is 40.9 Å². The third kappa shape index (κ3) is 4.43. The van der Waals surface area contributed by atoms with E-state index >= 15 is 4.79 Å². The van der Waals surface area contributed by atoms with Crippen molar-refractivity contribution >= 4 is 56.8 Å². The van der Waals surface area contributed by atoms with Crippen LogP contribution in [0.25, 0.3) is 0 Å². The number of fused-ring (bicyclic) bond motifs is 4. The van der Waals surface area contributed by atoms with Gasteiger partial charge in [0.15, 0.2) is 0 Å². The number of carbonyl (C=O) groups is 4. The quantitative estimate of drug-likeness (QED) is 0.226. The lowest BCUT2D eigenvalue weighted by Crippen LogP contribution is -2.53. The minimum Gasteiger partial charge on any atom is -0.508 e. The van der Waals surface area contributed by atoms with Gasteiger partial charge < -0.3 is 5.11 Å². The lowest BCUT2D eigenvalue weighted by atomic mass is 9.49. The lowest BCUT2D eigenvalue weighted by molar-refractivity contribution is -0.143. The second kappa shape index (κ2) is 11.4. The summed E-state index contributed by atoms with van der Waals surface area (Å²) in [6.45, 7) is 0. The minimum atomic E-state index is -1.43. The molecule has 5 aliphatic rings. The van der Waals surface area contributed by atoms with Gasteiger partial charge in [-0.15, -0.1) is 0 Å². The molecule has 3 aromatic carbocycles. The highest BCUT2D eigenvalue weighted by Crippen LogP contribution is 2.65. The fourth-order valence-electron chi connectivity index (χ4n) is 9.57. The number of halogens is 2. The molecule has 47 heavy (non-hydrogen) atoms. The van der Waals surface area contributed by atoms with E-state index in [2.05, 4.69) is 15.9 Å². The maximum Gasteiger partial charge on any atom is 0.246 e. The van der Waals surface area contributed by atoms with Gasteiger partial charge in [-0.2, -0.15) is 0 Å². The van der Waals surface area contributed by atoms with Gasteiger partial charge in [-0.25, -0.2) is 4.90 Å². The largest absolute Gasteiger partial charge is 0.508 e. The Morgan fingerprint density at radius 2 is 1.60 bits per heavy atom. The Morgan fingerprint density at radius 3 is 2.34 bits per heavy atom. The van der Waals surface area contributed by atoms with Gasteiger partial charge in [-0.1, -0.05) is 94.8 Å². The molecule has 0 aromatic heterocycles. The summed E-state index contributed by atoms with van der Waals surface area (Å²) in [7, 11) is 0. The van der Waals surface area contributed by atoms with Crippen LogP contribution in [0.2, 0.25) is 5.02 Å². The molecule has 0 radical (unpaired) electrons. The third-order valence-corrected chi connectivity index (χ3v) is 12.2. The van der Waals surface area contributed by atoms with Crippen molar-refractivity contribution < 1.29 is 24.3 Å². The summed E-state index contributed by atoms with van der Waals surface area (Å²) in [6.07, 6.45) is 7.35. The second-order valence-corrected chi connectivity index (χ2v) is 15.0. The maximum absolute atomic E-state index is 15.3. The van der Waals surface area contributed by atoms with Crippen LogP contribution in [0, 0.1) is 23.7 Å². The zero-order chi connectivity index (χ0) is 32.6. The summed E-state index contributed by atoms with van der Waals surface area (Å²) >= 11 is 9.97. The van der Waals surface area contributed by atoms with Gasteiger partial charge in [-0.3, -0.25) is 24.1 Å². The summed E-state index contributed by atoms with van der Waals surface area (Å²) in [5, 5.41) is 11.9. The molecule has 2 aliphatic heterocycles. The fraction of sp³-hybridized carbons (Fsp3) is 0.368. The number of amides is 4. The molecule has 7 nitrogen and oxygen atoms in total. The monoisotopic (exact) mass is 712 g/mol. The number of benzene rings is 3. The van der Waals surface area contributed by atoms with Crippen molar-refractivity contribution in [1.29, 1.82) is 0 Å². The van der Waals surface area contributed by atoms with Crippen LogP contribution < -0.4 is 4.90 Å². The molecule has 2 saturated carbocycles. The predicted molar refractivity (Wildman–Crippen MR) is 181 cm³/mol. The Hall–Kier alpha value is -3.75. The molecule has 0 spiro atoms. The Labute approximate surface area is 286 Å². The zero-order valence-electron chi connectivity index (χ0n) is 25.6. The topological polar surface area (TPSA) is 95.0 Å². The van der Waals surface area contributed by atoms with Gasteiger partial charge in [0.05, 0.1) is 28.9 Å². The number of hydrogen-bond donors (Lipinski definition) is 1. The molecular weight excluding hydrogens is 680 g/mol.